The zero-order valence-corrected chi connectivity index (χ0v) is 30.1. The minimum Gasteiger partial charge on any atom is -0.320 e. The van der Waals surface area contributed by atoms with Crippen LogP contribution in [0, 0.1) is 0 Å². The van der Waals surface area contributed by atoms with E-state index in [0.717, 1.165) is 0 Å². The van der Waals surface area contributed by atoms with E-state index in [-0.39, 0.29) is 0 Å². The molecule has 0 atom stereocenters. The first-order valence-corrected chi connectivity index (χ1v) is 19.6. The van der Waals surface area contributed by atoms with E-state index in [9.17, 15) is 0 Å². The van der Waals surface area contributed by atoms with Gasteiger partial charge in [-0.1, -0.05) is 145 Å². The third-order valence-electron chi connectivity index (χ3n) is 9.24. The lowest BCUT2D eigenvalue weighted by molar-refractivity contribution is -0.941. The van der Waals surface area contributed by atoms with Gasteiger partial charge in [0.05, 0.1) is 19.6 Å². The Bertz CT molecular complexity index is 714. The van der Waals surface area contributed by atoms with Crippen molar-refractivity contribution in [2.75, 3.05) is 19.6 Å². The van der Waals surface area contributed by atoms with E-state index >= 15 is 0 Å². The highest BCUT2D eigenvalue weighted by Gasteiger charge is 2.26. The molecule has 0 unspecified atom stereocenters. The van der Waals surface area contributed by atoms with Crippen molar-refractivity contribution in [3.8, 4) is 0 Å². The molecule has 0 fully saturated rings. The molecule has 1 heteroatoms. The lowest BCUT2D eigenvalue weighted by atomic mass is 10.0. The molecule has 0 saturated heterocycles. The highest BCUT2D eigenvalue weighted by atomic mass is 15.3. The van der Waals surface area contributed by atoms with Crippen molar-refractivity contribution in [1.29, 1.82) is 0 Å². The molecular weight excluding hydrogens is 530 g/mol. The zero-order valence-electron chi connectivity index (χ0n) is 30.1. The predicted octanol–water partition coefficient (Wildman–Crippen LogP) is 14.1. The van der Waals surface area contributed by atoms with Gasteiger partial charge in [0.15, 0.2) is 0 Å². The Morgan fingerprint density at radius 2 is 0.705 bits per heavy atom. The van der Waals surface area contributed by atoms with E-state index in [1.54, 1.807) is 5.56 Å². The van der Waals surface area contributed by atoms with Crippen LogP contribution in [0.1, 0.15) is 180 Å². The number of hydrogen-bond donors (Lipinski definition) is 0. The maximum Gasteiger partial charge on any atom is 0.104 e. The second-order valence-electron chi connectivity index (χ2n) is 13.6. The number of nitrogens with zero attached hydrogens (tertiary/aromatic N) is 1. The molecular formula is C43H76N+. The normalized spacial score (nSPS) is 12.4. The Hall–Kier alpha value is -1.60. The number of benzene rings is 1. The lowest BCUT2D eigenvalue weighted by Crippen LogP contribution is -2.49. The smallest absolute Gasteiger partial charge is 0.104 e. The second kappa shape index (κ2) is 31.4. The summed E-state index contributed by atoms with van der Waals surface area (Å²) in [5, 5.41) is 0. The van der Waals surface area contributed by atoms with E-state index in [4.69, 9.17) is 0 Å². The van der Waals surface area contributed by atoms with Crippen LogP contribution in [0.15, 0.2) is 66.8 Å². The summed E-state index contributed by atoms with van der Waals surface area (Å²) < 4.78 is 1.32. The molecule has 0 N–H and O–H groups in total. The van der Waals surface area contributed by atoms with Crippen molar-refractivity contribution in [2.45, 2.75) is 181 Å². The van der Waals surface area contributed by atoms with Crippen LogP contribution < -0.4 is 0 Å². The Morgan fingerprint density at radius 1 is 0.386 bits per heavy atom. The second-order valence-corrected chi connectivity index (χ2v) is 13.6. The molecule has 1 nitrogen and oxygen atoms in total. The third kappa shape index (κ3) is 24.7. The molecule has 44 heavy (non-hydrogen) atoms. The van der Waals surface area contributed by atoms with Gasteiger partial charge in [-0.05, 0) is 96.3 Å². The number of unbranched alkanes of at least 4 members (excludes halogenated alkanes) is 18. The summed E-state index contributed by atoms with van der Waals surface area (Å²) in [7, 11) is 0. The van der Waals surface area contributed by atoms with E-state index in [1.165, 1.54) is 185 Å². The van der Waals surface area contributed by atoms with Crippen molar-refractivity contribution >= 4 is 0 Å². The maximum atomic E-state index is 2.41. The highest BCUT2D eigenvalue weighted by Crippen LogP contribution is 2.22. The number of quaternary nitrogens is 1. The van der Waals surface area contributed by atoms with Gasteiger partial charge in [-0.3, -0.25) is 0 Å². The Morgan fingerprint density at radius 3 is 1.07 bits per heavy atom. The predicted molar refractivity (Wildman–Crippen MR) is 200 cm³/mol. The summed E-state index contributed by atoms with van der Waals surface area (Å²) in [5.74, 6) is 0. The summed E-state index contributed by atoms with van der Waals surface area (Å²) in [4.78, 5) is 0. The molecule has 0 saturated carbocycles. The number of hydrogen-bond acceptors (Lipinski definition) is 0. The molecule has 0 aliphatic heterocycles. The molecule has 0 aromatic heterocycles. The summed E-state index contributed by atoms with van der Waals surface area (Å²) >= 11 is 0. The van der Waals surface area contributed by atoms with E-state index in [0.29, 0.717) is 0 Å². The van der Waals surface area contributed by atoms with Crippen molar-refractivity contribution in [2.24, 2.45) is 0 Å². The third-order valence-corrected chi connectivity index (χ3v) is 9.24. The van der Waals surface area contributed by atoms with Gasteiger partial charge >= 0.3 is 0 Å². The van der Waals surface area contributed by atoms with Gasteiger partial charge in [0.1, 0.15) is 6.54 Å². The number of allylic oxidation sites excluding steroid dienone is 6. The largest absolute Gasteiger partial charge is 0.320 e. The zero-order chi connectivity index (χ0) is 31.7. The monoisotopic (exact) mass is 607 g/mol. The minimum absolute atomic E-state index is 1.23. The first-order valence-electron chi connectivity index (χ1n) is 19.6. The van der Waals surface area contributed by atoms with Crippen molar-refractivity contribution in [1.82, 2.24) is 0 Å². The quantitative estimate of drug-likeness (QED) is 0.0435. The van der Waals surface area contributed by atoms with Gasteiger partial charge in [-0.25, -0.2) is 0 Å². The van der Waals surface area contributed by atoms with Crippen LogP contribution >= 0.6 is 0 Å². The molecule has 1 aromatic rings. The van der Waals surface area contributed by atoms with Crippen molar-refractivity contribution < 1.29 is 4.48 Å². The first-order chi connectivity index (χ1) is 21.8. The van der Waals surface area contributed by atoms with Crippen LogP contribution in [0.5, 0.6) is 0 Å². The average Bonchev–Trinajstić information content (AvgIpc) is 3.04. The molecule has 0 bridgehead atoms. The molecule has 0 spiro atoms. The van der Waals surface area contributed by atoms with Crippen LogP contribution in [0.2, 0.25) is 0 Å². The lowest BCUT2D eigenvalue weighted by Gasteiger charge is -2.39. The molecule has 1 rings (SSSR count). The van der Waals surface area contributed by atoms with Crippen LogP contribution in [-0.2, 0) is 6.54 Å². The average molecular weight is 607 g/mol. The fourth-order valence-corrected chi connectivity index (χ4v) is 6.47. The van der Waals surface area contributed by atoms with Gasteiger partial charge in [-0.15, -0.1) is 0 Å². The van der Waals surface area contributed by atoms with Gasteiger partial charge in [0.25, 0.3) is 0 Å². The van der Waals surface area contributed by atoms with E-state index in [2.05, 4.69) is 87.6 Å². The summed E-state index contributed by atoms with van der Waals surface area (Å²) in [6.45, 7) is 12.1. The first kappa shape index (κ1) is 40.4. The Labute approximate surface area is 277 Å². The van der Waals surface area contributed by atoms with Gasteiger partial charge in [0.2, 0.25) is 0 Å². The number of rotatable bonds is 32. The molecule has 1 aromatic carbocycles. The SMILES string of the molecule is CCC/C=C/CCCCCCC[N+](CCCCCCC/C=C/CCC)(CCCCCCC/C=C/CCC)Cc1ccccc1. The van der Waals surface area contributed by atoms with Crippen LogP contribution in [0.3, 0.4) is 0 Å². The summed E-state index contributed by atoms with van der Waals surface area (Å²) in [6, 6.07) is 11.5. The van der Waals surface area contributed by atoms with Gasteiger partial charge in [0, 0.05) is 5.56 Å². The molecule has 0 heterocycles. The molecule has 0 aliphatic carbocycles. The molecule has 0 amide bonds. The van der Waals surface area contributed by atoms with Crippen molar-refractivity contribution in [3.05, 3.63) is 72.4 Å². The van der Waals surface area contributed by atoms with Crippen LogP contribution in [0.4, 0.5) is 0 Å². The molecule has 252 valence electrons. The standard InChI is InChI=1S/C43H76N/c1-4-7-10-13-16-19-22-25-28-34-39-44(42-43-37-32-31-33-38-43,40-35-29-26-23-20-17-14-11-8-5-2)41-36-30-27-24-21-18-15-12-9-6-3/h10-15,31-33,37-38H,4-9,16-30,34-36,39-42H2,1-3H3/q+1/b13-10+,14-11+,15-12+. The summed E-state index contributed by atoms with van der Waals surface area (Å²) in [6.07, 6.45) is 46.7. The van der Waals surface area contributed by atoms with Crippen LogP contribution in [0.25, 0.3) is 0 Å². The van der Waals surface area contributed by atoms with Gasteiger partial charge < -0.3 is 4.48 Å². The fourth-order valence-electron chi connectivity index (χ4n) is 6.47. The van der Waals surface area contributed by atoms with Crippen LogP contribution in [-0.4, -0.2) is 24.1 Å². The highest BCUT2D eigenvalue weighted by molar-refractivity contribution is 5.13. The van der Waals surface area contributed by atoms with Gasteiger partial charge in [-0.2, -0.15) is 0 Å². The summed E-state index contributed by atoms with van der Waals surface area (Å²) in [5.41, 5.74) is 1.55. The molecule has 0 radical (unpaired) electrons. The maximum absolute atomic E-state index is 2.41. The van der Waals surface area contributed by atoms with Crippen molar-refractivity contribution in [3.63, 3.8) is 0 Å². The fraction of sp³-hybridized carbons (Fsp3) is 0.721. The minimum atomic E-state index is 1.23. The molecule has 0 aliphatic rings. The Balaban J connectivity index is 2.63. The topological polar surface area (TPSA) is 0 Å². The Kier molecular flexibility index (Phi) is 28.8. The van der Waals surface area contributed by atoms with E-state index in [1.807, 2.05) is 0 Å². The van der Waals surface area contributed by atoms with E-state index < -0.39 is 0 Å².